The zero-order chi connectivity index (χ0) is 26.3. The van der Waals surface area contributed by atoms with Crippen LogP contribution in [-0.4, -0.2) is 85.8 Å². The van der Waals surface area contributed by atoms with Gasteiger partial charge in [-0.05, 0) is 62.1 Å². The zero-order valence-electron chi connectivity index (χ0n) is 21.7. The van der Waals surface area contributed by atoms with E-state index in [-0.39, 0.29) is 30.0 Å². The first kappa shape index (κ1) is 26.9. The molecule has 2 saturated heterocycles. The first-order valence-corrected chi connectivity index (χ1v) is 12.8. The summed E-state index contributed by atoms with van der Waals surface area (Å²) in [4.78, 5) is 28.8. The van der Waals surface area contributed by atoms with Crippen molar-refractivity contribution in [3.8, 4) is 11.5 Å². The number of amides is 3. The number of carbonyl (C=O) groups excluding carboxylic acids is 2. The highest BCUT2D eigenvalue weighted by molar-refractivity contribution is 6.01. The van der Waals surface area contributed by atoms with Crippen LogP contribution in [0.25, 0.3) is 0 Å². The largest absolute Gasteiger partial charge is 0.494 e. The fraction of sp³-hybridized carbons (Fsp3) is 0.500. The Balaban J connectivity index is 1.21. The third kappa shape index (κ3) is 6.99. The minimum atomic E-state index is -0.436. The maximum atomic E-state index is 14.0. The van der Waals surface area contributed by atoms with Gasteiger partial charge < -0.3 is 19.1 Å². The maximum Gasteiger partial charge on any atom is 0.326 e. The molecule has 1 unspecified atom stereocenters. The highest BCUT2D eigenvalue weighted by atomic mass is 19.1. The van der Waals surface area contributed by atoms with E-state index in [4.69, 9.17) is 14.2 Å². The Hall–Kier alpha value is -3.17. The fourth-order valence-electron chi connectivity index (χ4n) is 4.81. The van der Waals surface area contributed by atoms with Gasteiger partial charge in [-0.3, -0.25) is 14.6 Å². The lowest BCUT2D eigenvalue weighted by Gasteiger charge is -2.31. The molecule has 0 bridgehead atoms. The highest BCUT2D eigenvalue weighted by Gasteiger charge is 2.34. The number of likely N-dealkylation sites (tertiary alicyclic amines) is 1. The second kappa shape index (κ2) is 12.4. The molecule has 0 aromatic heterocycles. The second-order valence-electron chi connectivity index (χ2n) is 9.77. The fourth-order valence-corrected chi connectivity index (χ4v) is 4.81. The number of hydrogen-bond donors (Lipinski definition) is 0. The van der Waals surface area contributed by atoms with Crippen molar-refractivity contribution in [2.45, 2.75) is 37.8 Å². The van der Waals surface area contributed by atoms with Crippen LogP contribution in [-0.2, 0) is 16.1 Å². The molecule has 4 rings (SSSR count). The molecule has 2 aromatic carbocycles. The number of nitrogens with zero attached hydrogens (tertiary/aromatic N) is 3. The summed E-state index contributed by atoms with van der Waals surface area (Å²) in [7, 11) is 3.33. The number of rotatable bonds is 11. The normalized spacial score (nSPS) is 20.8. The predicted octanol–water partition coefficient (Wildman–Crippen LogP) is 3.94. The summed E-state index contributed by atoms with van der Waals surface area (Å²) in [6, 6.07) is 14.2. The molecule has 2 aliphatic rings. The number of hydrogen-bond acceptors (Lipinski definition) is 6. The summed E-state index contributed by atoms with van der Waals surface area (Å²) in [6.07, 6.45) is 3.21. The van der Waals surface area contributed by atoms with E-state index in [2.05, 4.69) is 17.0 Å². The van der Waals surface area contributed by atoms with Gasteiger partial charge in [0.1, 0.15) is 24.5 Å². The van der Waals surface area contributed by atoms with Crippen molar-refractivity contribution >= 4 is 11.9 Å². The highest BCUT2D eigenvalue weighted by Crippen LogP contribution is 2.29. The lowest BCUT2D eigenvalue weighted by molar-refractivity contribution is -0.125. The lowest BCUT2D eigenvalue weighted by atomic mass is 9.95. The summed E-state index contributed by atoms with van der Waals surface area (Å²) in [5.74, 6) is 0.499. The van der Waals surface area contributed by atoms with Gasteiger partial charge in [0.2, 0.25) is 5.91 Å². The van der Waals surface area contributed by atoms with E-state index in [1.807, 2.05) is 12.1 Å². The standard InChI is InChI=1S/C28H36FN3O5/c1-30-20-26(33)32(27(30)34)16-6-18-36-23-11-9-22(10-12-23)19-31-15-5-13-28(35-2,14-17-31)21-37-25-8-4-3-7-24(25)29/h3-4,7-12H,5-6,13-21H2,1-2H3. The minimum Gasteiger partial charge on any atom is -0.494 e. The van der Waals surface area contributed by atoms with Crippen molar-refractivity contribution in [1.82, 2.24) is 14.7 Å². The van der Waals surface area contributed by atoms with Gasteiger partial charge in [0.15, 0.2) is 11.6 Å². The van der Waals surface area contributed by atoms with Gasteiger partial charge in [-0.25, -0.2) is 9.18 Å². The average Bonchev–Trinajstić information content (AvgIpc) is 3.04. The molecule has 0 aliphatic carbocycles. The molecular formula is C28H36FN3O5. The topological polar surface area (TPSA) is 71.6 Å². The summed E-state index contributed by atoms with van der Waals surface area (Å²) in [5, 5.41) is 0. The Bertz CT molecular complexity index is 1070. The zero-order valence-corrected chi connectivity index (χ0v) is 21.7. The van der Waals surface area contributed by atoms with Crippen LogP contribution < -0.4 is 9.47 Å². The quantitative estimate of drug-likeness (QED) is 0.335. The smallest absolute Gasteiger partial charge is 0.326 e. The predicted molar refractivity (Wildman–Crippen MR) is 137 cm³/mol. The molecule has 0 spiro atoms. The van der Waals surface area contributed by atoms with Gasteiger partial charge in [0, 0.05) is 33.8 Å². The number of methoxy groups -OCH3 is 1. The van der Waals surface area contributed by atoms with Crippen molar-refractivity contribution in [3.63, 3.8) is 0 Å². The number of carbonyl (C=O) groups is 2. The van der Waals surface area contributed by atoms with E-state index in [0.29, 0.717) is 26.2 Å². The van der Waals surface area contributed by atoms with Gasteiger partial charge in [0.25, 0.3) is 0 Å². The molecule has 2 aliphatic heterocycles. The molecule has 0 radical (unpaired) electrons. The first-order valence-electron chi connectivity index (χ1n) is 12.8. The number of para-hydroxylation sites is 1. The van der Waals surface area contributed by atoms with Crippen LogP contribution in [0.15, 0.2) is 48.5 Å². The molecule has 1 atom stereocenters. The number of halogens is 1. The minimum absolute atomic E-state index is 0.145. The molecule has 37 heavy (non-hydrogen) atoms. The van der Waals surface area contributed by atoms with Gasteiger partial charge in [-0.15, -0.1) is 0 Å². The van der Waals surface area contributed by atoms with E-state index in [0.717, 1.165) is 44.6 Å². The summed E-state index contributed by atoms with van der Waals surface area (Å²) in [5.41, 5.74) is 0.755. The van der Waals surface area contributed by atoms with Crippen LogP contribution in [0.3, 0.4) is 0 Å². The van der Waals surface area contributed by atoms with Crippen molar-refractivity contribution < 1.29 is 28.2 Å². The third-order valence-corrected chi connectivity index (χ3v) is 7.11. The van der Waals surface area contributed by atoms with E-state index in [1.165, 1.54) is 21.4 Å². The molecule has 200 valence electrons. The Morgan fingerprint density at radius 3 is 2.49 bits per heavy atom. The number of likely N-dealkylation sites (N-methyl/N-ethyl adjacent to an activating group) is 1. The van der Waals surface area contributed by atoms with E-state index >= 15 is 0 Å². The number of ether oxygens (including phenoxy) is 3. The van der Waals surface area contributed by atoms with Crippen molar-refractivity contribution in [2.24, 2.45) is 0 Å². The monoisotopic (exact) mass is 513 g/mol. The van der Waals surface area contributed by atoms with Crippen molar-refractivity contribution in [3.05, 3.63) is 59.9 Å². The van der Waals surface area contributed by atoms with E-state index in [1.54, 1.807) is 32.4 Å². The molecule has 0 saturated carbocycles. The van der Waals surface area contributed by atoms with Gasteiger partial charge in [-0.1, -0.05) is 24.3 Å². The molecule has 0 N–H and O–H groups in total. The molecule has 2 aromatic rings. The Kier molecular flexibility index (Phi) is 9.00. The molecule has 2 heterocycles. The van der Waals surface area contributed by atoms with Crippen molar-refractivity contribution in [1.29, 1.82) is 0 Å². The molecule has 9 heteroatoms. The van der Waals surface area contributed by atoms with Crippen LogP contribution in [0.1, 0.15) is 31.2 Å². The molecule has 3 amide bonds. The number of benzene rings is 2. The lowest BCUT2D eigenvalue weighted by Crippen LogP contribution is -2.39. The summed E-state index contributed by atoms with van der Waals surface area (Å²) < 4.78 is 31.5. The number of imide groups is 1. The Morgan fingerprint density at radius 2 is 1.78 bits per heavy atom. The first-order chi connectivity index (χ1) is 17.9. The maximum absolute atomic E-state index is 14.0. The van der Waals surface area contributed by atoms with Crippen LogP contribution in [0.2, 0.25) is 0 Å². The van der Waals surface area contributed by atoms with Crippen LogP contribution in [0.5, 0.6) is 11.5 Å². The van der Waals surface area contributed by atoms with E-state index in [9.17, 15) is 14.0 Å². The SMILES string of the molecule is COC1(COc2ccccc2F)CCCN(Cc2ccc(OCCCN3C(=O)CN(C)C3=O)cc2)CC1. The Morgan fingerprint density at radius 1 is 1.00 bits per heavy atom. The molecule has 8 nitrogen and oxygen atoms in total. The average molecular weight is 514 g/mol. The van der Waals surface area contributed by atoms with Gasteiger partial charge in [-0.2, -0.15) is 0 Å². The van der Waals surface area contributed by atoms with Crippen LogP contribution in [0, 0.1) is 5.82 Å². The summed E-state index contributed by atoms with van der Waals surface area (Å²) >= 11 is 0. The van der Waals surface area contributed by atoms with Gasteiger partial charge in [0.05, 0.1) is 6.61 Å². The summed E-state index contributed by atoms with van der Waals surface area (Å²) in [6.45, 7) is 3.89. The van der Waals surface area contributed by atoms with Crippen LogP contribution in [0.4, 0.5) is 9.18 Å². The molecular weight excluding hydrogens is 477 g/mol. The van der Waals surface area contributed by atoms with Gasteiger partial charge >= 0.3 is 6.03 Å². The van der Waals surface area contributed by atoms with Crippen molar-refractivity contribution in [2.75, 3.05) is 53.6 Å². The van der Waals surface area contributed by atoms with E-state index < -0.39 is 5.60 Å². The Labute approximate surface area is 217 Å². The second-order valence-corrected chi connectivity index (χ2v) is 9.77. The number of urea groups is 1. The molecule has 2 fully saturated rings. The van der Waals surface area contributed by atoms with Crippen LogP contribution >= 0.6 is 0 Å². The third-order valence-electron chi connectivity index (χ3n) is 7.11.